The SMILES string of the molecule is CNS(=O)(=O)c1ccc(C)c(NC(=O)CC(CN)OC)c1. The Morgan fingerprint density at radius 2 is 2.10 bits per heavy atom. The molecule has 1 unspecified atom stereocenters. The van der Waals surface area contributed by atoms with Crippen molar-refractivity contribution >= 4 is 21.6 Å². The minimum absolute atomic E-state index is 0.0908. The maximum atomic E-state index is 11.9. The largest absolute Gasteiger partial charge is 0.380 e. The summed E-state index contributed by atoms with van der Waals surface area (Å²) in [5, 5.41) is 2.68. The van der Waals surface area contributed by atoms with E-state index in [-0.39, 0.29) is 29.9 Å². The van der Waals surface area contributed by atoms with Gasteiger partial charge in [-0.05, 0) is 31.7 Å². The molecule has 1 atom stereocenters. The van der Waals surface area contributed by atoms with Gasteiger partial charge in [0.2, 0.25) is 15.9 Å². The molecule has 0 aliphatic carbocycles. The van der Waals surface area contributed by atoms with Gasteiger partial charge in [0.1, 0.15) is 0 Å². The number of amides is 1. The highest BCUT2D eigenvalue weighted by Gasteiger charge is 2.16. The number of nitrogens with one attached hydrogen (secondary N) is 2. The maximum absolute atomic E-state index is 11.9. The zero-order chi connectivity index (χ0) is 16.0. The fraction of sp³-hybridized carbons (Fsp3) is 0.462. The van der Waals surface area contributed by atoms with Crippen LogP contribution in [0.15, 0.2) is 23.1 Å². The number of hydrogen-bond donors (Lipinski definition) is 3. The first-order valence-corrected chi connectivity index (χ1v) is 7.89. The molecule has 0 aliphatic rings. The Balaban J connectivity index is 2.93. The van der Waals surface area contributed by atoms with Crippen molar-refractivity contribution in [3.8, 4) is 0 Å². The molecule has 1 rings (SSSR count). The smallest absolute Gasteiger partial charge is 0.240 e. The highest BCUT2D eigenvalue weighted by Crippen LogP contribution is 2.20. The molecule has 21 heavy (non-hydrogen) atoms. The van der Waals surface area contributed by atoms with Crippen molar-refractivity contribution in [1.29, 1.82) is 0 Å². The number of methoxy groups -OCH3 is 1. The van der Waals surface area contributed by atoms with E-state index in [9.17, 15) is 13.2 Å². The summed E-state index contributed by atoms with van der Waals surface area (Å²) in [4.78, 5) is 12.0. The predicted octanol–water partition coefficient (Wildman–Crippen LogP) is 0.205. The lowest BCUT2D eigenvalue weighted by atomic mass is 10.2. The molecule has 118 valence electrons. The van der Waals surface area contributed by atoms with E-state index in [0.717, 1.165) is 5.56 Å². The third-order valence-electron chi connectivity index (χ3n) is 3.07. The number of carbonyl (C=O) groups is 1. The number of rotatable bonds is 7. The average Bonchev–Trinajstić information content (AvgIpc) is 2.46. The van der Waals surface area contributed by atoms with E-state index in [1.54, 1.807) is 13.0 Å². The Kier molecular flexibility index (Phi) is 6.28. The molecule has 0 aromatic heterocycles. The number of ether oxygens (including phenoxy) is 1. The topological polar surface area (TPSA) is 111 Å². The van der Waals surface area contributed by atoms with Gasteiger partial charge in [-0.1, -0.05) is 6.07 Å². The lowest BCUT2D eigenvalue weighted by Crippen LogP contribution is -2.28. The summed E-state index contributed by atoms with van der Waals surface area (Å²) < 4.78 is 30.8. The van der Waals surface area contributed by atoms with Crippen LogP contribution in [0.5, 0.6) is 0 Å². The molecule has 0 saturated carbocycles. The molecule has 8 heteroatoms. The van der Waals surface area contributed by atoms with Gasteiger partial charge >= 0.3 is 0 Å². The van der Waals surface area contributed by atoms with Gasteiger partial charge in [-0.25, -0.2) is 13.1 Å². The zero-order valence-electron chi connectivity index (χ0n) is 12.3. The predicted molar refractivity (Wildman–Crippen MR) is 80.5 cm³/mol. The van der Waals surface area contributed by atoms with Gasteiger partial charge in [0, 0.05) is 19.3 Å². The van der Waals surface area contributed by atoms with Gasteiger partial charge < -0.3 is 15.8 Å². The van der Waals surface area contributed by atoms with Gasteiger partial charge in [-0.3, -0.25) is 4.79 Å². The molecule has 0 fully saturated rings. The molecule has 0 radical (unpaired) electrons. The van der Waals surface area contributed by atoms with Crippen molar-refractivity contribution in [3.05, 3.63) is 23.8 Å². The standard InChI is InChI=1S/C13H21N3O4S/c1-9-4-5-11(21(18,19)15-2)7-12(9)16-13(17)6-10(8-14)20-3/h4-5,7,10,15H,6,8,14H2,1-3H3,(H,16,17). The second kappa shape index (κ2) is 7.51. The van der Waals surface area contributed by atoms with Crippen LogP contribution in [-0.4, -0.2) is 41.1 Å². The Hall–Kier alpha value is -1.48. The summed E-state index contributed by atoms with van der Waals surface area (Å²) in [5.41, 5.74) is 6.67. The molecule has 0 spiro atoms. The quantitative estimate of drug-likeness (QED) is 0.666. The monoisotopic (exact) mass is 315 g/mol. The van der Waals surface area contributed by atoms with E-state index in [1.807, 2.05) is 0 Å². The van der Waals surface area contributed by atoms with Gasteiger partial charge in [0.05, 0.1) is 17.4 Å². The first kappa shape index (κ1) is 17.6. The van der Waals surface area contributed by atoms with Gasteiger partial charge in [0.15, 0.2) is 0 Å². The molecule has 1 aromatic rings. The summed E-state index contributed by atoms with van der Waals surface area (Å²) in [7, 11) is -0.738. The molecule has 1 amide bonds. The van der Waals surface area contributed by atoms with E-state index in [1.165, 1.54) is 26.3 Å². The molecule has 4 N–H and O–H groups in total. The van der Waals surface area contributed by atoms with Gasteiger partial charge in [-0.2, -0.15) is 0 Å². The van der Waals surface area contributed by atoms with Crippen molar-refractivity contribution in [2.24, 2.45) is 5.73 Å². The molecule has 7 nitrogen and oxygen atoms in total. The molecular weight excluding hydrogens is 294 g/mol. The summed E-state index contributed by atoms with van der Waals surface area (Å²) in [6, 6.07) is 4.54. The van der Waals surface area contributed by atoms with Crippen molar-refractivity contribution in [2.75, 3.05) is 26.0 Å². The van der Waals surface area contributed by atoms with E-state index in [4.69, 9.17) is 10.5 Å². The Morgan fingerprint density at radius 1 is 1.43 bits per heavy atom. The lowest BCUT2D eigenvalue weighted by Gasteiger charge is -2.14. The van der Waals surface area contributed by atoms with Gasteiger partial charge in [0.25, 0.3) is 0 Å². The highest BCUT2D eigenvalue weighted by atomic mass is 32.2. The van der Waals surface area contributed by atoms with Crippen molar-refractivity contribution in [1.82, 2.24) is 4.72 Å². The summed E-state index contributed by atoms with van der Waals surface area (Å²) in [6.45, 7) is 2.01. The van der Waals surface area contributed by atoms with Crippen LogP contribution in [0.4, 0.5) is 5.69 Å². The van der Waals surface area contributed by atoms with Crippen LogP contribution in [0.2, 0.25) is 0 Å². The number of carbonyl (C=O) groups excluding carboxylic acids is 1. The Morgan fingerprint density at radius 3 is 2.62 bits per heavy atom. The number of hydrogen-bond acceptors (Lipinski definition) is 5. The lowest BCUT2D eigenvalue weighted by molar-refractivity contribution is -0.118. The Labute approximate surface area is 124 Å². The van der Waals surface area contributed by atoms with Crippen LogP contribution in [0.3, 0.4) is 0 Å². The molecule has 0 bridgehead atoms. The fourth-order valence-electron chi connectivity index (χ4n) is 1.69. The molecular formula is C13H21N3O4S. The van der Waals surface area contributed by atoms with Crippen LogP contribution in [0, 0.1) is 6.92 Å². The minimum atomic E-state index is -3.55. The first-order chi connectivity index (χ1) is 9.83. The van der Waals surface area contributed by atoms with Crippen LogP contribution in [0.25, 0.3) is 0 Å². The number of anilines is 1. The highest BCUT2D eigenvalue weighted by molar-refractivity contribution is 7.89. The van der Waals surface area contributed by atoms with Crippen molar-refractivity contribution < 1.29 is 17.9 Å². The first-order valence-electron chi connectivity index (χ1n) is 6.41. The fourth-order valence-corrected chi connectivity index (χ4v) is 2.45. The molecule has 0 saturated heterocycles. The third kappa shape index (κ3) is 4.78. The number of sulfonamides is 1. The van der Waals surface area contributed by atoms with E-state index in [2.05, 4.69) is 10.0 Å². The summed E-state index contributed by atoms with van der Waals surface area (Å²) in [6.07, 6.45) is -0.260. The van der Waals surface area contributed by atoms with Crippen molar-refractivity contribution in [3.63, 3.8) is 0 Å². The van der Waals surface area contributed by atoms with Crippen LogP contribution < -0.4 is 15.8 Å². The molecule has 0 aliphatic heterocycles. The van der Waals surface area contributed by atoms with E-state index in [0.29, 0.717) is 5.69 Å². The second-order valence-electron chi connectivity index (χ2n) is 4.53. The maximum Gasteiger partial charge on any atom is 0.240 e. The zero-order valence-corrected chi connectivity index (χ0v) is 13.2. The third-order valence-corrected chi connectivity index (χ3v) is 4.48. The van der Waals surface area contributed by atoms with Crippen LogP contribution in [-0.2, 0) is 19.6 Å². The average molecular weight is 315 g/mol. The Bertz CT molecular complexity index is 597. The normalized spacial score (nSPS) is 13.0. The van der Waals surface area contributed by atoms with Crippen LogP contribution in [0.1, 0.15) is 12.0 Å². The minimum Gasteiger partial charge on any atom is -0.380 e. The van der Waals surface area contributed by atoms with Crippen molar-refractivity contribution in [2.45, 2.75) is 24.3 Å². The molecule has 1 aromatic carbocycles. The summed E-state index contributed by atoms with van der Waals surface area (Å²) in [5.74, 6) is -0.283. The van der Waals surface area contributed by atoms with E-state index >= 15 is 0 Å². The second-order valence-corrected chi connectivity index (χ2v) is 6.42. The van der Waals surface area contributed by atoms with Crippen LogP contribution >= 0.6 is 0 Å². The molecule has 0 heterocycles. The van der Waals surface area contributed by atoms with E-state index < -0.39 is 10.0 Å². The number of nitrogens with two attached hydrogens (primary N) is 1. The van der Waals surface area contributed by atoms with Gasteiger partial charge in [-0.15, -0.1) is 0 Å². The number of benzene rings is 1. The number of aryl methyl sites for hydroxylation is 1. The summed E-state index contributed by atoms with van der Waals surface area (Å²) >= 11 is 0.